The molecule has 0 bridgehead atoms. The average molecular weight is 237 g/mol. The van der Waals surface area contributed by atoms with Gasteiger partial charge in [0, 0.05) is 13.1 Å². The number of carboxylic acids is 1. The number of hydrogen-bond donors (Lipinski definition) is 2. The van der Waals surface area contributed by atoms with Crippen molar-refractivity contribution < 1.29 is 14.6 Å². The molecular formula is C13H19NO3. The van der Waals surface area contributed by atoms with Gasteiger partial charge in [0.15, 0.2) is 0 Å². The van der Waals surface area contributed by atoms with Gasteiger partial charge in [-0.1, -0.05) is 19.1 Å². The van der Waals surface area contributed by atoms with Crippen LogP contribution >= 0.6 is 0 Å². The number of nitrogens with one attached hydrogen (secondary N) is 1. The number of benzene rings is 1. The summed E-state index contributed by atoms with van der Waals surface area (Å²) in [5.74, 6) is -0.273. The van der Waals surface area contributed by atoms with Gasteiger partial charge in [-0.15, -0.1) is 0 Å². The standard InChI is InChI=1S/C13H19NO3/c1-9-6-11(4-5-12(9)17-3)8-14-7-10(2)13(15)16/h4-6,10,14H,7-8H2,1-3H3,(H,15,16). The Morgan fingerprint density at radius 3 is 2.76 bits per heavy atom. The van der Waals surface area contributed by atoms with Crippen LogP contribution in [0.4, 0.5) is 0 Å². The van der Waals surface area contributed by atoms with Gasteiger partial charge in [0.05, 0.1) is 13.0 Å². The van der Waals surface area contributed by atoms with Crippen LogP contribution in [0.5, 0.6) is 5.75 Å². The van der Waals surface area contributed by atoms with E-state index in [4.69, 9.17) is 9.84 Å². The highest BCUT2D eigenvalue weighted by Gasteiger charge is 2.09. The van der Waals surface area contributed by atoms with Gasteiger partial charge in [-0.25, -0.2) is 0 Å². The van der Waals surface area contributed by atoms with E-state index in [1.807, 2.05) is 25.1 Å². The molecular weight excluding hydrogens is 218 g/mol. The molecule has 1 rings (SSSR count). The van der Waals surface area contributed by atoms with Gasteiger partial charge in [-0.05, 0) is 24.1 Å². The summed E-state index contributed by atoms with van der Waals surface area (Å²) in [5, 5.41) is 11.9. The van der Waals surface area contributed by atoms with Gasteiger partial charge < -0.3 is 15.2 Å². The Balaban J connectivity index is 2.47. The maximum absolute atomic E-state index is 10.6. The van der Waals surface area contributed by atoms with E-state index in [1.54, 1.807) is 14.0 Å². The lowest BCUT2D eigenvalue weighted by atomic mass is 10.1. The maximum Gasteiger partial charge on any atom is 0.307 e. The van der Waals surface area contributed by atoms with Crippen molar-refractivity contribution in [3.05, 3.63) is 29.3 Å². The molecule has 4 nitrogen and oxygen atoms in total. The summed E-state index contributed by atoms with van der Waals surface area (Å²) in [4.78, 5) is 10.6. The van der Waals surface area contributed by atoms with Gasteiger partial charge in [-0.2, -0.15) is 0 Å². The molecule has 0 radical (unpaired) electrons. The average Bonchev–Trinajstić information content (AvgIpc) is 2.29. The van der Waals surface area contributed by atoms with E-state index >= 15 is 0 Å². The minimum atomic E-state index is -0.775. The first-order valence-corrected chi connectivity index (χ1v) is 5.61. The van der Waals surface area contributed by atoms with Gasteiger partial charge in [-0.3, -0.25) is 4.79 Å². The number of methoxy groups -OCH3 is 1. The second-order valence-electron chi connectivity index (χ2n) is 4.17. The van der Waals surface area contributed by atoms with Crippen molar-refractivity contribution in [2.45, 2.75) is 20.4 Å². The molecule has 0 saturated heterocycles. The number of hydrogen-bond acceptors (Lipinski definition) is 3. The van der Waals surface area contributed by atoms with Crippen LogP contribution in [-0.2, 0) is 11.3 Å². The van der Waals surface area contributed by atoms with E-state index in [1.165, 1.54) is 0 Å². The molecule has 0 spiro atoms. The second kappa shape index (κ2) is 6.25. The van der Waals surface area contributed by atoms with Crippen molar-refractivity contribution in [3.63, 3.8) is 0 Å². The molecule has 2 N–H and O–H groups in total. The lowest BCUT2D eigenvalue weighted by Crippen LogP contribution is -2.25. The highest BCUT2D eigenvalue weighted by atomic mass is 16.5. The quantitative estimate of drug-likeness (QED) is 0.792. The van der Waals surface area contributed by atoms with Crippen LogP contribution in [0.3, 0.4) is 0 Å². The third-order valence-corrected chi connectivity index (χ3v) is 2.66. The van der Waals surface area contributed by atoms with Crippen LogP contribution in [0.2, 0.25) is 0 Å². The molecule has 0 aliphatic heterocycles. The predicted molar refractivity (Wildman–Crippen MR) is 66.2 cm³/mol. The summed E-state index contributed by atoms with van der Waals surface area (Å²) >= 11 is 0. The van der Waals surface area contributed by atoms with Crippen LogP contribution < -0.4 is 10.1 Å². The molecule has 1 aromatic carbocycles. The third-order valence-electron chi connectivity index (χ3n) is 2.66. The highest BCUT2D eigenvalue weighted by Crippen LogP contribution is 2.18. The van der Waals surface area contributed by atoms with Crippen molar-refractivity contribution in [2.24, 2.45) is 5.92 Å². The first-order valence-electron chi connectivity index (χ1n) is 5.61. The number of carbonyl (C=O) groups is 1. The maximum atomic E-state index is 10.6. The Labute approximate surface area is 102 Å². The minimum Gasteiger partial charge on any atom is -0.496 e. The van der Waals surface area contributed by atoms with E-state index < -0.39 is 5.97 Å². The zero-order valence-corrected chi connectivity index (χ0v) is 10.5. The van der Waals surface area contributed by atoms with E-state index in [0.717, 1.165) is 16.9 Å². The zero-order chi connectivity index (χ0) is 12.8. The summed E-state index contributed by atoms with van der Waals surface area (Å²) < 4.78 is 5.18. The second-order valence-corrected chi connectivity index (χ2v) is 4.17. The van der Waals surface area contributed by atoms with Crippen LogP contribution in [0, 0.1) is 12.8 Å². The van der Waals surface area contributed by atoms with Gasteiger partial charge in [0.25, 0.3) is 0 Å². The topological polar surface area (TPSA) is 58.6 Å². The third kappa shape index (κ3) is 4.07. The molecule has 94 valence electrons. The summed E-state index contributed by atoms with van der Waals surface area (Å²) in [6.07, 6.45) is 0. The van der Waals surface area contributed by atoms with Crippen molar-refractivity contribution in [3.8, 4) is 5.75 Å². The van der Waals surface area contributed by atoms with E-state index in [0.29, 0.717) is 13.1 Å². The fourth-order valence-corrected chi connectivity index (χ4v) is 1.57. The van der Waals surface area contributed by atoms with E-state index in [9.17, 15) is 4.79 Å². The molecule has 0 fully saturated rings. The molecule has 0 aromatic heterocycles. The summed E-state index contributed by atoms with van der Waals surface area (Å²) in [6, 6.07) is 5.94. The molecule has 1 unspecified atom stereocenters. The number of ether oxygens (including phenoxy) is 1. The Morgan fingerprint density at radius 2 is 2.24 bits per heavy atom. The van der Waals surface area contributed by atoms with Crippen LogP contribution in [0.1, 0.15) is 18.1 Å². The number of rotatable bonds is 6. The smallest absolute Gasteiger partial charge is 0.307 e. The fraction of sp³-hybridized carbons (Fsp3) is 0.462. The largest absolute Gasteiger partial charge is 0.496 e. The van der Waals surface area contributed by atoms with Gasteiger partial charge >= 0.3 is 5.97 Å². The summed E-state index contributed by atoms with van der Waals surface area (Å²) in [6.45, 7) is 4.82. The monoisotopic (exact) mass is 237 g/mol. The Kier molecular flexibility index (Phi) is 4.97. The highest BCUT2D eigenvalue weighted by molar-refractivity contribution is 5.69. The van der Waals surface area contributed by atoms with Crippen molar-refractivity contribution >= 4 is 5.97 Å². The van der Waals surface area contributed by atoms with Gasteiger partial charge in [0.2, 0.25) is 0 Å². The molecule has 0 aliphatic carbocycles. The molecule has 0 saturated carbocycles. The molecule has 1 aromatic rings. The summed E-state index contributed by atoms with van der Waals surface area (Å²) in [7, 11) is 1.65. The first kappa shape index (κ1) is 13.5. The SMILES string of the molecule is COc1ccc(CNCC(C)C(=O)O)cc1C. The Hall–Kier alpha value is -1.55. The summed E-state index contributed by atoms with van der Waals surface area (Å²) in [5.41, 5.74) is 2.21. The first-order chi connectivity index (χ1) is 8.04. The van der Waals surface area contributed by atoms with Crippen LogP contribution in [-0.4, -0.2) is 24.7 Å². The lowest BCUT2D eigenvalue weighted by Gasteiger charge is -2.10. The van der Waals surface area contributed by atoms with Crippen LogP contribution in [0.25, 0.3) is 0 Å². The fourth-order valence-electron chi connectivity index (χ4n) is 1.57. The molecule has 4 heteroatoms. The van der Waals surface area contributed by atoms with Crippen molar-refractivity contribution in [1.29, 1.82) is 0 Å². The number of aliphatic carboxylic acids is 1. The van der Waals surface area contributed by atoms with E-state index in [2.05, 4.69) is 5.32 Å². The molecule has 0 heterocycles. The molecule has 1 atom stereocenters. The lowest BCUT2D eigenvalue weighted by molar-refractivity contribution is -0.140. The van der Waals surface area contributed by atoms with Gasteiger partial charge in [0.1, 0.15) is 5.75 Å². The normalized spacial score (nSPS) is 12.2. The molecule has 0 amide bonds. The Morgan fingerprint density at radius 1 is 1.53 bits per heavy atom. The van der Waals surface area contributed by atoms with Crippen molar-refractivity contribution in [1.82, 2.24) is 5.32 Å². The van der Waals surface area contributed by atoms with Crippen LogP contribution in [0.15, 0.2) is 18.2 Å². The molecule has 0 aliphatic rings. The zero-order valence-electron chi connectivity index (χ0n) is 10.5. The van der Waals surface area contributed by atoms with Crippen molar-refractivity contribution in [2.75, 3.05) is 13.7 Å². The Bertz CT molecular complexity index is 390. The van der Waals surface area contributed by atoms with E-state index in [-0.39, 0.29) is 5.92 Å². The molecule has 17 heavy (non-hydrogen) atoms. The predicted octanol–water partition coefficient (Wildman–Crippen LogP) is 1.81. The number of aryl methyl sites for hydroxylation is 1. The number of carboxylic acid groups (broad SMARTS) is 1. The minimum absolute atomic E-state index is 0.366.